The normalized spacial score (nSPS) is 50.0. The zero-order valence-electron chi connectivity index (χ0n) is 18.1. The summed E-state index contributed by atoms with van der Waals surface area (Å²) < 4.78 is 0. The van der Waals surface area contributed by atoms with Crippen LogP contribution in [0.25, 0.3) is 0 Å². The van der Waals surface area contributed by atoms with E-state index in [9.17, 15) is 19.8 Å². The van der Waals surface area contributed by atoms with E-state index in [2.05, 4.69) is 52.4 Å². The van der Waals surface area contributed by atoms with Gasteiger partial charge in [-0.25, -0.2) is 0 Å². The molecule has 6 atom stereocenters. The zero-order chi connectivity index (χ0) is 21.0. The van der Waals surface area contributed by atoms with E-state index < -0.39 is 23.0 Å². The number of hydrogen-bond donors (Lipinski definition) is 4. The molecule has 4 aliphatic carbocycles. The molecule has 4 fully saturated rings. The van der Waals surface area contributed by atoms with Crippen LogP contribution >= 0.6 is 0 Å². The van der Waals surface area contributed by atoms with Crippen LogP contribution in [0, 0.1) is 32.5 Å². The summed E-state index contributed by atoms with van der Waals surface area (Å²) in [5.74, 6) is -0.390. The Bertz CT molecular complexity index is 687. The van der Waals surface area contributed by atoms with Crippen LogP contribution in [0.4, 0.5) is 0 Å². The third kappa shape index (κ3) is 1.83. The average molecular weight is 393 g/mol. The fraction of sp³-hybridized carbons (Fsp3) is 0.909. The summed E-state index contributed by atoms with van der Waals surface area (Å²) in [6.07, 6.45) is 2.93. The maximum absolute atomic E-state index is 13.3. The summed E-state index contributed by atoms with van der Waals surface area (Å²) in [5.41, 5.74) is 2.87. The lowest BCUT2D eigenvalue weighted by Gasteiger charge is -2.41. The monoisotopic (exact) mass is 392 g/mol. The Labute approximate surface area is 167 Å². The van der Waals surface area contributed by atoms with Gasteiger partial charge in [0.15, 0.2) is 0 Å². The van der Waals surface area contributed by atoms with Crippen molar-refractivity contribution in [3.05, 3.63) is 0 Å². The number of hydrogen-bond acceptors (Lipinski definition) is 4. The maximum atomic E-state index is 13.3. The van der Waals surface area contributed by atoms with Crippen LogP contribution in [-0.2, 0) is 9.59 Å². The molecule has 4 rings (SSSR count). The van der Waals surface area contributed by atoms with Crippen LogP contribution in [0.5, 0.6) is 0 Å². The maximum Gasteiger partial charge on any atom is 0.245 e. The molecule has 0 aromatic rings. The smallest absolute Gasteiger partial charge is 0.245 e. The third-order valence-corrected chi connectivity index (χ3v) is 11.1. The number of hydrazine groups is 1. The van der Waals surface area contributed by atoms with Crippen molar-refractivity contribution in [3.63, 3.8) is 0 Å². The molecule has 28 heavy (non-hydrogen) atoms. The Kier molecular flexibility index (Phi) is 3.82. The summed E-state index contributed by atoms with van der Waals surface area (Å²) in [6, 6.07) is 0. The molecule has 0 aromatic carbocycles. The molecular weight excluding hydrogens is 356 g/mol. The number of carbonyl (C=O) groups is 2. The molecule has 6 unspecified atom stereocenters. The summed E-state index contributed by atoms with van der Waals surface area (Å²) in [6.45, 7) is 12.4. The van der Waals surface area contributed by atoms with Gasteiger partial charge >= 0.3 is 0 Å². The Balaban J connectivity index is 1.52. The number of carbonyl (C=O) groups excluding carboxylic acids is 2. The molecule has 0 spiro atoms. The van der Waals surface area contributed by atoms with Gasteiger partial charge in [0, 0.05) is 0 Å². The Morgan fingerprint density at radius 3 is 1.21 bits per heavy atom. The van der Waals surface area contributed by atoms with Crippen LogP contribution < -0.4 is 10.9 Å². The minimum absolute atomic E-state index is 0.195. The number of rotatable bonds is 2. The highest BCUT2D eigenvalue weighted by molar-refractivity contribution is 5.90. The lowest BCUT2D eigenvalue weighted by atomic mass is 9.64. The summed E-state index contributed by atoms with van der Waals surface area (Å²) >= 11 is 0. The molecule has 0 saturated heterocycles. The van der Waals surface area contributed by atoms with Gasteiger partial charge in [0.05, 0.1) is 23.0 Å². The molecule has 0 heterocycles. The van der Waals surface area contributed by atoms with Crippen LogP contribution in [0.3, 0.4) is 0 Å². The van der Waals surface area contributed by atoms with E-state index >= 15 is 0 Å². The molecule has 4 saturated carbocycles. The molecular formula is C22H36N2O4. The van der Waals surface area contributed by atoms with Gasteiger partial charge in [-0.15, -0.1) is 0 Å². The minimum Gasteiger partial charge on any atom is -0.393 e. The molecule has 4 N–H and O–H groups in total. The lowest BCUT2D eigenvalue weighted by Crippen LogP contribution is -2.56. The van der Waals surface area contributed by atoms with Gasteiger partial charge in [0.2, 0.25) is 11.8 Å². The predicted molar refractivity (Wildman–Crippen MR) is 105 cm³/mol. The van der Waals surface area contributed by atoms with E-state index in [0.29, 0.717) is 12.8 Å². The van der Waals surface area contributed by atoms with E-state index in [1.807, 2.05) is 0 Å². The number of aliphatic hydroxyl groups excluding tert-OH is 2. The van der Waals surface area contributed by atoms with Crippen molar-refractivity contribution < 1.29 is 19.8 Å². The van der Waals surface area contributed by atoms with E-state index in [1.54, 1.807) is 0 Å². The highest BCUT2D eigenvalue weighted by Gasteiger charge is 2.73. The largest absolute Gasteiger partial charge is 0.393 e. The molecule has 2 amide bonds. The van der Waals surface area contributed by atoms with Gasteiger partial charge in [-0.1, -0.05) is 41.5 Å². The highest BCUT2D eigenvalue weighted by atomic mass is 16.3. The first-order chi connectivity index (χ1) is 12.7. The summed E-state index contributed by atoms with van der Waals surface area (Å²) in [4.78, 5) is 26.5. The van der Waals surface area contributed by atoms with Gasteiger partial charge in [0.1, 0.15) is 0 Å². The first-order valence-electron chi connectivity index (χ1n) is 10.7. The fourth-order valence-corrected chi connectivity index (χ4v) is 7.61. The Morgan fingerprint density at radius 2 is 1.00 bits per heavy atom. The quantitative estimate of drug-likeness (QED) is 0.542. The van der Waals surface area contributed by atoms with E-state index in [4.69, 9.17) is 0 Å². The van der Waals surface area contributed by atoms with Crippen LogP contribution in [0.1, 0.15) is 80.1 Å². The number of aliphatic hydroxyl groups is 2. The van der Waals surface area contributed by atoms with Crippen molar-refractivity contribution in [1.29, 1.82) is 0 Å². The highest BCUT2D eigenvalue weighted by Crippen LogP contribution is 2.73. The van der Waals surface area contributed by atoms with Crippen molar-refractivity contribution >= 4 is 11.8 Å². The van der Waals surface area contributed by atoms with Gasteiger partial charge in [-0.05, 0) is 60.2 Å². The second kappa shape index (κ2) is 5.31. The Morgan fingerprint density at radius 1 is 0.679 bits per heavy atom. The second-order valence-electron chi connectivity index (χ2n) is 11.6. The molecule has 6 nitrogen and oxygen atoms in total. The predicted octanol–water partition coefficient (Wildman–Crippen LogP) is 2.29. The van der Waals surface area contributed by atoms with Crippen molar-refractivity contribution in [1.82, 2.24) is 10.9 Å². The van der Waals surface area contributed by atoms with E-state index in [0.717, 1.165) is 25.7 Å². The number of nitrogens with one attached hydrogen (secondary N) is 2. The molecule has 0 aliphatic heterocycles. The number of fused-ring (bicyclic) bond motifs is 4. The minimum atomic E-state index is -0.666. The first kappa shape index (κ1) is 20.1. The van der Waals surface area contributed by atoms with Crippen LogP contribution in [-0.4, -0.2) is 34.2 Å². The molecule has 0 aromatic heterocycles. The second-order valence-corrected chi connectivity index (χ2v) is 11.6. The van der Waals surface area contributed by atoms with Gasteiger partial charge in [-0.2, -0.15) is 0 Å². The topological polar surface area (TPSA) is 98.7 Å². The van der Waals surface area contributed by atoms with Gasteiger partial charge < -0.3 is 10.2 Å². The lowest BCUT2D eigenvalue weighted by molar-refractivity contribution is -0.145. The van der Waals surface area contributed by atoms with Crippen LogP contribution in [0.2, 0.25) is 0 Å². The SMILES string of the molecule is CC12CCC(C(=O)NNC(=O)C34CCC(C)(C(O)C3)C4(C)C)(CC1O)C2(C)C. The van der Waals surface area contributed by atoms with Crippen molar-refractivity contribution in [2.24, 2.45) is 32.5 Å². The molecule has 158 valence electrons. The first-order valence-corrected chi connectivity index (χ1v) is 10.7. The third-order valence-electron chi connectivity index (χ3n) is 11.1. The van der Waals surface area contributed by atoms with Crippen molar-refractivity contribution in [2.45, 2.75) is 92.3 Å². The molecule has 6 heteroatoms. The van der Waals surface area contributed by atoms with Crippen molar-refractivity contribution in [2.75, 3.05) is 0 Å². The zero-order valence-corrected chi connectivity index (χ0v) is 18.1. The molecule has 4 bridgehead atoms. The van der Waals surface area contributed by atoms with Crippen LogP contribution in [0.15, 0.2) is 0 Å². The fourth-order valence-electron chi connectivity index (χ4n) is 7.61. The van der Waals surface area contributed by atoms with Gasteiger partial charge in [-0.3, -0.25) is 20.4 Å². The Hall–Kier alpha value is -1.14. The van der Waals surface area contributed by atoms with Gasteiger partial charge in [0.25, 0.3) is 0 Å². The van der Waals surface area contributed by atoms with Crippen molar-refractivity contribution in [3.8, 4) is 0 Å². The van der Waals surface area contributed by atoms with E-state index in [-0.39, 0.29) is 33.5 Å². The number of amides is 2. The van der Waals surface area contributed by atoms with E-state index in [1.165, 1.54) is 0 Å². The molecule has 0 radical (unpaired) electrons. The summed E-state index contributed by atoms with van der Waals surface area (Å²) in [5, 5.41) is 21.2. The average Bonchev–Trinajstić information content (AvgIpc) is 3.07. The standard InChI is InChI=1S/C22H36N2O4/c1-17(2)19(5)7-9-21(17,11-13(19)25)15(27)23-24-16(28)22-10-8-20(6,14(26)12-22)18(22,3)4/h13-14,25-26H,7-12H2,1-6H3,(H,23,27)(H,24,28). The summed E-state index contributed by atoms with van der Waals surface area (Å²) in [7, 11) is 0. The molecule has 4 aliphatic rings.